The van der Waals surface area contributed by atoms with Crippen LogP contribution >= 0.6 is 0 Å². The Kier molecular flexibility index (Phi) is 2.60. The Morgan fingerprint density at radius 1 is 1.60 bits per heavy atom. The van der Waals surface area contributed by atoms with Gasteiger partial charge in [-0.3, -0.25) is 4.79 Å². The molecule has 1 heterocycles. The number of anilines is 1. The van der Waals surface area contributed by atoms with Crippen molar-refractivity contribution in [3.63, 3.8) is 0 Å². The minimum absolute atomic E-state index is 0.0640. The molecule has 0 saturated heterocycles. The highest BCUT2D eigenvalue weighted by molar-refractivity contribution is 5.95. The number of fused-ring (bicyclic) bond motifs is 1. The molecule has 0 bridgehead atoms. The minimum Gasteiger partial charge on any atom is -0.482 e. The predicted octanol–water partition coefficient (Wildman–Crippen LogP) is 1.11. The van der Waals surface area contributed by atoms with Gasteiger partial charge in [-0.25, -0.2) is 0 Å². The molecule has 0 radical (unpaired) electrons. The molecule has 15 heavy (non-hydrogen) atoms. The number of amides is 1. The largest absolute Gasteiger partial charge is 0.482 e. The molecule has 4 nitrogen and oxygen atoms in total. The van der Waals surface area contributed by atoms with Crippen molar-refractivity contribution in [2.24, 2.45) is 0 Å². The highest BCUT2D eigenvalue weighted by Crippen LogP contribution is 2.30. The molecule has 0 aromatic heterocycles. The third-order valence-electron chi connectivity index (χ3n) is 2.48. The van der Waals surface area contributed by atoms with Crippen molar-refractivity contribution in [2.45, 2.75) is 12.8 Å². The monoisotopic (exact) mass is 207 g/mol. The molecule has 1 atom stereocenters. The van der Waals surface area contributed by atoms with Gasteiger partial charge in [0.1, 0.15) is 5.75 Å². The Labute approximate surface area is 87.9 Å². The fourth-order valence-electron chi connectivity index (χ4n) is 1.51. The predicted molar refractivity (Wildman–Crippen MR) is 56.1 cm³/mol. The number of benzene rings is 1. The summed E-state index contributed by atoms with van der Waals surface area (Å²) in [5.41, 5.74) is 1.67. The molecule has 0 saturated carbocycles. The zero-order valence-corrected chi connectivity index (χ0v) is 8.49. The maximum atomic E-state index is 11.1. The fraction of sp³-hybridized carbons (Fsp3) is 0.364. The zero-order chi connectivity index (χ0) is 10.8. The van der Waals surface area contributed by atoms with Crippen LogP contribution in [-0.4, -0.2) is 24.2 Å². The van der Waals surface area contributed by atoms with E-state index in [1.165, 1.54) is 0 Å². The molecule has 1 amide bonds. The van der Waals surface area contributed by atoms with Gasteiger partial charge in [-0.1, -0.05) is 13.0 Å². The summed E-state index contributed by atoms with van der Waals surface area (Å²) in [6, 6.07) is 5.56. The van der Waals surface area contributed by atoms with E-state index in [0.29, 0.717) is 11.4 Å². The van der Waals surface area contributed by atoms with E-state index in [1.54, 1.807) is 0 Å². The molecule has 2 rings (SSSR count). The Hall–Kier alpha value is -1.55. The van der Waals surface area contributed by atoms with Crippen LogP contribution in [0.2, 0.25) is 0 Å². The van der Waals surface area contributed by atoms with Crippen LogP contribution in [0.15, 0.2) is 18.2 Å². The fourth-order valence-corrected chi connectivity index (χ4v) is 1.51. The highest BCUT2D eigenvalue weighted by atomic mass is 16.5. The van der Waals surface area contributed by atoms with E-state index >= 15 is 0 Å². The molecule has 1 aliphatic rings. The first kappa shape index (κ1) is 9.98. The summed E-state index contributed by atoms with van der Waals surface area (Å²) in [6.45, 7) is 2.09. The summed E-state index contributed by atoms with van der Waals surface area (Å²) in [7, 11) is 0. The first-order chi connectivity index (χ1) is 7.20. The molecular formula is C11H13NO3. The molecular weight excluding hydrogens is 194 g/mol. The van der Waals surface area contributed by atoms with Crippen LogP contribution in [0.4, 0.5) is 5.69 Å². The minimum atomic E-state index is -0.142. The van der Waals surface area contributed by atoms with Crippen LogP contribution in [-0.2, 0) is 4.79 Å². The SMILES string of the molecule is CC(CO)c1ccc2c(c1)NC(=O)CO2. The molecule has 0 spiro atoms. The molecule has 1 aromatic carbocycles. The van der Waals surface area contributed by atoms with Crippen LogP contribution in [0.3, 0.4) is 0 Å². The summed E-state index contributed by atoms with van der Waals surface area (Å²) in [6.07, 6.45) is 0. The lowest BCUT2D eigenvalue weighted by atomic mass is 10.0. The number of nitrogens with one attached hydrogen (secondary N) is 1. The van der Waals surface area contributed by atoms with E-state index in [4.69, 9.17) is 9.84 Å². The molecule has 0 fully saturated rings. The Morgan fingerprint density at radius 2 is 2.40 bits per heavy atom. The van der Waals surface area contributed by atoms with Gasteiger partial charge in [0.2, 0.25) is 0 Å². The number of rotatable bonds is 2. The maximum Gasteiger partial charge on any atom is 0.262 e. The highest BCUT2D eigenvalue weighted by Gasteiger charge is 2.16. The lowest BCUT2D eigenvalue weighted by Gasteiger charge is -2.19. The molecule has 2 N–H and O–H groups in total. The van der Waals surface area contributed by atoms with Crippen LogP contribution in [0.1, 0.15) is 18.4 Å². The molecule has 1 aromatic rings. The van der Waals surface area contributed by atoms with Crippen molar-refractivity contribution in [2.75, 3.05) is 18.5 Å². The van der Waals surface area contributed by atoms with Crippen LogP contribution in [0.5, 0.6) is 5.75 Å². The van der Waals surface area contributed by atoms with Crippen molar-refractivity contribution in [3.8, 4) is 5.75 Å². The van der Waals surface area contributed by atoms with Gasteiger partial charge < -0.3 is 15.2 Å². The topological polar surface area (TPSA) is 58.6 Å². The van der Waals surface area contributed by atoms with Crippen molar-refractivity contribution >= 4 is 11.6 Å². The van der Waals surface area contributed by atoms with Crippen molar-refractivity contribution in [1.82, 2.24) is 0 Å². The van der Waals surface area contributed by atoms with E-state index in [0.717, 1.165) is 5.56 Å². The third-order valence-corrected chi connectivity index (χ3v) is 2.48. The second-order valence-corrected chi connectivity index (χ2v) is 3.68. The number of aliphatic hydroxyl groups excluding tert-OH is 1. The summed E-state index contributed by atoms with van der Waals surface area (Å²) < 4.78 is 5.23. The summed E-state index contributed by atoms with van der Waals surface area (Å²) in [5.74, 6) is 0.605. The van der Waals surface area contributed by atoms with Crippen molar-refractivity contribution in [3.05, 3.63) is 23.8 Å². The summed E-state index contributed by atoms with van der Waals surface area (Å²) >= 11 is 0. The Bertz CT molecular complexity index is 389. The van der Waals surface area contributed by atoms with Crippen molar-refractivity contribution < 1.29 is 14.6 Å². The zero-order valence-electron chi connectivity index (χ0n) is 8.49. The van der Waals surface area contributed by atoms with Gasteiger partial charge in [-0.15, -0.1) is 0 Å². The van der Waals surface area contributed by atoms with Gasteiger partial charge in [-0.2, -0.15) is 0 Å². The number of carbonyl (C=O) groups excluding carboxylic acids is 1. The van der Waals surface area contributed by atoms with Crippen LogP contribution in [0, 0.1) is 0 Å². The van der Waals surface area contributed by atoms with E-state index < -0.39 is 0 Å². The molecule has 1 unspecified atom stereocenters. The van der Waals surface area contributed by atoms with Gasteiger partial charge in [0.25, 0.3) is 5.91 Å². The van der Waals surface area contributed by atoms with E-state index in [1.807, 2.05) is 25.1 Å². The lowest BCUT2D eigenvalue weighted by Crippen LogP contribution is -2.25. The average molecular weight is 207 g/mol. The van der Waals surface area contributed by atoms with Gasteiger partial charge in [0.15, 0.2) is 6.61 Å². The number of aliphatic hydroxyl groups is 1. The van der Waals surface area contributed by atoms with Gasteiger partial charge in [0.05, 0.1) is 5.69 Å². The molecule has 80 valence electrons. The second kappa shape index (κ2) is 3.90. The normalized spacial score (nSPS) is 16.3. The second-order valence-electron chi connectivity index (χ2n) is 3.68. The summed E-state index contributed by atoms with van der Waals surface area (Å²) in [5, 5.41) is 11.8. The Balaban J connectivity index is 2.32. The van der Waals surface area contributed by atoms with Crippen molar-refractivity contribution in [1.29, 1.82) is 0 Å². The number of carbonyl (C=O) groups is 1. The van der Waals surface area contributed by atoms with Gasteiger partial charge in [-0.05, 0) is 17.7 Å². The smallest absolute Gasteiger partial charge is 0.262 e. The van der Waals surface area contributed by atoms with E-state index in [9.17, 15) is 4.79 Å². The first-order valence-corrected chi connectivity index (χ1v) is 4.88. The number of ether oxygens (including phenoxy) is 1. The Morgan fingerprint density at radius 3 is 3.13 bits per heavy atom. The van der Waals surface area contributed by atoms with E-state index in [-0.39, 0.29) is 25.0 Å². The quantitative estimate of drug-likeness (QED) is 0.763. The van der Waals surface area contributed by atoms with E-state index in [2.05, 4.69) is 5.32 Å². The standard InChI is InChI=1S/C11H13NO3/c1-7(5-13)8-2-3-10-9(4-8)12-11(14)6-15-10/h2-4,7,13H,5-6H2,1H3,(H,12,14). The van der Waals surface area contributed by atoms with Gasteiger partial charge >= 0.3 is 0 Å². The first-order valence-electron chi connectivity index (χ1n) is 4.88. The van der Waals surface area contributed by atoms with Gasteiger partial charge in [0, 0.05) is 12.5 Å². The lowest BCUT2D eigenvalue weighted by molar-refractivity contribution is -0.118. The average Bonchev–Trinajstić information content (AvgIpc) is 2.27. The molecule has 0 aliphatic carbocycles. The third kappa shape index (κ3) is 1.94. The molecule has 4 heteroatoms. The van der Waals surface area contributed by atoms with Crippen LogP contribution in [0.25, 0.3) is 0 Å². The summed E-state index contributed by atoms with van der Waals surface area (Å²) in [4.78, 5) is 11.1. The maximum absolute atomic E-state index is 11.1. The molecule has 1 aliphatic heterocycles. The van der Waals surface area contributed by atoms with Crippen LogP contribution < -0.4 is 10.1 Å². The number of hydrogen-bond donors (Lipinski definition) is 2. The number of hydrogen-bond acceptors (Lipinski definition) is 3.